The number of ether oxygens (including phenoxy) is 1. The van der Waals surface area contributed by atoms with Gasteiger partial charge < -0.3 is 15.4 Å². The zero-order valence-corrected chi connectivity index (χ0v) is 13.6. The minimum atomic E-state index is -0.292. The highest BCUT2D eigenvalue weighted by atomic mass is 16.5. The predicted octanol–water partition coefficient (Wildman–Crippen LogP) is 0.459. The van der Waals surface area contributed by atoms with Gasteiger partial charge in [0, 0.05) is 31.5 Å². The van der Waals surface area contributed by atoms with Crippen LogP contribution in [0.15, 0.2) is 0 Å². The molecule has 2 amide bonds. The molecular formula is C16H29N3O3. The third-order valence-electron chi connectivity index (χ3n) is 4.62. The molecule has 0 aromatic carbocycles. The molecule has 0 radical (unpaired) electrons. The van der Waals surface area contributed by atoms with E-state index in [-0.39, 0.29) is 17.7 Å². The van der Waals surface area contributed by atoms with E-state index in [1.165, 1.54) is 0 Å². The van der Waals surface area contributed by atoms with Crippen molar-refractivity contribution in [3.05, 3.63) is 0 Å². The van der Waals surface area contributed by atoms with Gasteiger partial charge in [-0.15, -0.1) is 0 Å². The van der Waals surface area contributed by atoms with E-state index in [2.05, 4.69) is 6.92 Å². The Kier molecular flexibility index (Phi) is 6.64. The van der Waals surface area contributed by atoms with Crippen LogP contribution in [0.25, 0.3) is 0 Å². The highest BCUT2D eigenvalue weighted by Gasteiger charge is 2.32. The number of amides is 2. The Morgan fingerprint density at radius 2 is 1.91 bits per heavy atom. The van der Waals surface area contributed by atoms with Crippen molar-refractivity contribution >= 4 is 11.8 Å². The fraction of sp³-hybridized carbons (Fsp3) is 0.875. The second kappa shape index (κ2) is 8.48. The first-order valence-corrected chi connectivity index (χ1v) is 8.47. The number of hydrogen-bond donors (Lipinski definition) is 1. The van der Waals surface area contributed by atoms with E-state index >= 15 is 0 Å². The smallest absolute Gasteiger partial charge is 0.231 e. The average Bonchev–Trinajstić information content (AvgIpc) is 2.96. The van der Waals surface area contributed by atoms with Crippen molar-refractivity contribution in [2.75, 3.05) is 45.9 Å². The number of rotatable bonds is 7. The van der Waals surface area contributed by atoms with Crippen LogP contribution < -0.4 is 5.73 Å². The van der Waals surface area contributed by atoms with Crippen LogP contribution in [-0.4, -0.2) is 67.6 Å². The molecule has 0 aliphatic carbocycles. The molecule has 2 aliphatic rings. The molecule has 0 bridgehead atoms. The van der Waals surface area contributed by atoms with Gasteiger partial charge in [-0.05, 0) is 38.8 Å². The molecule has 0 spiro atoms. The molecule has 6 nitrogen and oxygen atoms in total. The number of likely N-dealkylation sites (tertiary alicyclic amines) is 2. The third-order valence-corrected chi connectivity index (χ3v) is 4.62. The lowest BCUT2D eigenvalue weighted by Crippen LogP contribution is -2.44. The van der Waals surface area contributed by atoms with E-state index in [0.717, 1.165) is 65.1 Å². The van der Waals surface area contributed by atoms with Crippen molar-refractivity contribution < 1.29 is 14.3 Å². The predicted molar refractivity (Wildman–Crippen MR) is 84.2 cm³/mol. The van der Waals surface area contributed by atoms with Crippen LogP contribution in [0.2, 0.25) is 0 Å². The summed E-state index contributed by atoms with van der Waals surface area (Å²) in [6.07, 6.45) is 3.76. The molecule has 2 aliphatic heterocycles. The third kappa shape index (κ3) is 4.95. The molecule has 1 unspecified atom stereocenters. The Morgan fingerprint density at radius 3 is 2.55 bits per heavy atom. The molecule has 2 heterocycles. The monoisotopic (exact) mass is 311 g/mol. The van der Waals surface area contributed by atoms with Crippen LogP contribution in [0, 0.1) is 11.8 Å². The summed E-state index contributed by atoms with van der Waals surface area (Å²) in [6.45, 7) is 7.27. The van der Waals surface area contributed by atoms with Crippen LogP contribution >= 0.6 is 0 Å². The van der Waals surface area contributed by atoms with E-state index in [1.807, 2.05) is 9.80 Å². The quantitative estimate of drug-likeness (QED) is 0.693. The van der Waals surface area contributed by atoms with Crippen LogP contribution in [0.3, 0.4) is 0 Å². The standard InChI is InChI=1S/C16H29N3O3/c1-2-9-22-12-13-3-8-19(10-13)16(21)14-4-6-18(7-5-14)11-15(17)20/h13-14H,2-12H2,1H3,(H2,17,20). The van der Waals surface area contributed by atoms with Crippen molar-refractivity contribution in [2.24, 2.45) is 17.6 Å². The summed E-state index contributed by atoms with van der Waals surface area (Å²) in [4.78, 5) is 27.6. The van der Waals surface area contributed by atoms with Gasteiger partial charge in [0.15, 0.2) is 0 Å². The average molecular weight is 311 g/mol. The van der Waals surface area contributed by atoms with Crippen molar-refractivity contribution in [1.29, 1.82) is 0 Å². The van der Waals surface area contributed by atoms with Gasteiger partial charge >= 0.3 is 0 Å². The number of hydrogen-bond acceptors (Lipinski definition) is 4. The van der Waals surface area contributed by atoms with E-state index in [9.17, 15) is 9.59 Å². The summed E-state index contributed by atoms with van der Waals surface area (Å²) in [5.74, 6) is 0.598. The fourth-order valence-electron chi connectivity index (χ4n) is 3.38. The van der Waals surface area contributed by atoms with E-state index in [1.54, 1.807) is 0 Å². The molecule has 0 aromatic heterocycles. The minimum absolute atomic E-state index is 0.111. The summed E-state index contributed by atoms with van der Waals surface area (Å²) in [5.41, 5.74) is 5.21. The molecule has 2 fully saturated rings. The van der Waals surface area contributed by atoms with Gasteiger partial charge in [-0.3, -0.25) is 14.5 Å². The molecule has 22 heavy (non-hydrogen) atoms. The number of nitrogens with zero attached hydrogens (tertiary/aromatic N) is 2. The number of carbonyl (C=O) groups excluding carboxylic acids is 2. The lowest BCUT2D eigenvalue weighted by Gasteiger charge is -2.32. The normalized spacial score (nSPS) is 23.9. The van der Waals surface area contributed by atoms with E-state index in [0.29, 0.717) is 12.5 Å². The summed E-state index contributed by atoms with van der Waals surface area (Å²) < 4.78 is 5.60. The first kappa shape index (κ1) is 17.2. The van der Waals surface area contributed by atoms with Gasteiger partial charge in [-0.2, -0.15) is 0 Å². The maximum Gasteiger partial charge on any atom is 0.231 e. The number of carbonyl (C=O) groups is 2. The number of primary amides is 1. The van der Waals surface area contributed by atoms with Crippen molar-refractivity contribution in [3.63, 3.8) is 0 Å². The zero-order valence-electron chi connectivity index (χ0n) is 13.6. The van der Waals surface area contributed by atoms with Gasteiger partial charge in [0.2, 0.25) is 11.8 Å². The topological polar surface area (TPSA) is 75.9 Å². The Balaban J connectivity index is 1.71. The zero-order chi connectivity index (χ0) is 15.9. The number of nitrogens with two attached hydrogens (primary N) is 1. The maximum atomic E-state index is 12.6. The molecule has 6 heteroatoms. The molecule has 2 rings (SSSR count). The molecule has 1 atom stereocenters. The molecule has 0 saturated carbocycles. The SMILES string of the molecule is CCCOCC1CCN(C(=O)C2CCN(CC(N)=O)CC2)C1. The highest BCUT2D eigenvalue weighted by molar-refractivity contribution is 5.79. The van der Waals surface area contributed by atoms with Crippen LogP contribution in [0.1, 0.15) is 32.6 Å². The summed E-state index contributed by atoms with van der Waals surface area (Å²) in [5, 5.41) is 0. The first-order chi connectivity index (χ1) is 10.6. The Hall–Kier alpha value is -1.14. The number of piperidine rings is 1. The van der Waals surface area contributed by atoms with E-state index < -0.39 is 0 Å². The van der Waals surface area contributed by atoms with Crippen molar-refractivity contribution in [1.82, 2.24) is 9.80 Å². The fourth-order valence-corrected chi connectivity index (χ4v) is 3.38. The Morgan fingerprint density at radius 1 is 1.18 bits per heavy atom. The molecule has 2 saturated heterocycles. The second-order valence-electron chi connectivity index (χ2n) is 6.53. The molecule has 126 valence electrons. The van der Waals surface area contributed by atoms with Gasteiger partial charge in [-0.1, -0.05) is 6.92 Å². The largest absolute Gasteiger partial charge is 0.381 e. The van der Waals surface area contributed by atoms with Crippen LogP contribution in [-0.2, 0) is 14.3 Å². The first-order valence-electron chi connectivity index (χ1n) is 8.47. The van der Waals surface area contributed by atoms with Gasteiger partial charge in [0.05, 0.1) is 13.2 Å². The van der Waals surface area contributed by atoms with E-state index in [4.69, 9.17) is 10.5 Å². The summed E-state index contributed by atoms with van der Waals surface area (Å²) in [7, 11) is 0. The van der Waals surface area contributed by atoms with Crippen molar-refractivity contribution in [2.45, 2.75) is 32.6 Å². The Bertz CT molecular complexity index is 381. The minimum Gasteiger partial charge on any atom is -0.381 e. The molecule has 2 N–H and O–H groups in total. The molecular weight excluding hydrogens is 282 g/mol. The Labute approximate surface area is 132 Å². The summed E-state index contributed by atoms with van der Waals surface area (Å²) >= 11 is 0. The van der Waals surface area contributed by atoms with Gasteiger partial charge in [0.25, 0.3) is 0 Å². The lowest BCUT2D eigenvalue weighted by atomic mass is 9.95. The van der Waals surface area contributed by atoms with Gasteiger partial charge in [0.1, 0.15) is 0 Å². The summed E-state index contributed by atoms with van der Waals surface area (Å²) in [6, 6.07) is 0. The maximum absolute atomic E-state index is 12.6. The second-order valence-corrected chi connectivity index (χ2v) is 6.53. The highest BCUT2D eigenvalue weighted by Crippen LogP contribution is 2.24. The van der Waals surface area contributed by atoms with Crippen LogP contribution in [0.4, 0.5) is 0 Å². The molecule has 0 aromatic rings. The van der Waals surface area contributed by atoms with Crippen LogP contribution in [0.5, 0.6) is 0 Å². The lowest BCUT2D eigenvalue weighted by molar-refractivity contribution is -0.136. The van der Waals surface area contributed by atoms with Crippen molar-refractivity contribution in [3.8, 4) is 0 Å². The van der Waals surface area contributed by atoms with Gasteiger partial charge in [-0.25, -0.2) is 0 Å².